The molecule has 0 spiro atoms. The third kappa shape index (κ3) is 4.77. The predicted molar refractivity (Wildman–Crippen MR) is 85.9 cm³/mol. The van der Waals surface area contributed by atoms with Crippen molar-refractivity contribution in [1.82, 2.24) is 9.80 Å². The van der Waals surface area contributed by atoms with Crippen molar-refractivity contribution in [3.63, 3.8) is 0 Å². The minimum Gasteiger partial charge on any atom is -0.406 e. The Kier molecular flexibility index (Phi) is 5.54. The number of alkyl halides is 3. The molecule has 2 aliphatic rings. The number of benzene rings is 1. The number of aliphatic hydroxyl groups excluding tert-OH is 1. The fourth-order valence-corrected chi connectivity index (χ4v) is 3.18. The number of nitrogens with zero attached hydrogens (tertiary/aromatic N) is 2. The van der Waals surface area contributed by atoms with E-state index in [1.807, 2.05) is 0 Å². The zero-order chi connectivity index (χ0) is 18.7. The quantitative estimate of drug-likeness (QED) is 0.838. The van der Waals surface area contributed by atoms with Crippen molar-refractivity contribution in [2.24, 2.45) is 0 Å². The first kappa shape index (κ1) is 18.7. The lowest BCUT2D eigenvalue weighted by molar-refractivity contribution is -0.274. The lowest BCUT2D eigenvalue weighted by Gasteiger charge is -2.33. The number of β-amino-alcohol motifs (C(OH)–C–C–N with tert-alkyl or cyclic N) is 1. The molecule has 1 aromatic carbocycles. The summed E-state index contributed by atoms with van der Waals surface area (Å²) in [5.74, 6) is -0.414. The Morgan fingerprint density at radius 3 is 2.69 bits per heavy atom. The van der Waals surface area contributed by atoms with E-state index >= 15 is 0 Å². The highest BCUT2D eigenvalue weighted by atomic mass is 19.4. The molecule has 0 radical (unpaired) electrons. The van der Waals surface area contributed by atoms with Gasteiger partial charge >= 0.3 is 12.4 Å². The van der Waals surface area contributed by atoms with Gasteiger partial charge in [0.2, 0.25) is 0 Å². The second-order valence-corrected chi connectivity index (χ2v) is 6.19. The van der Waals surface area contributed by atoms with E-state index in [4.69, 9.17) is 4.74 Å². The molecule has 3 rings (SSSR count). The maximum Gasteiger partial charge on any atom is 0.573 e. The Bertz CT molecular complexity index is 637. The van der Waals surface area contributed by atoms with Crippen LogP contribution in [0, 0.1) is 0 Å². The number of carbonyl (C=O) groups is 1. The number of nitrogens with one attached hydrogen (secondary N) is 1. The number of morpholine rings is 1. The van der Waals surface area contributed by atoms with E-state index in [2.05, 4.69) is 15.0 Å². The van der Waals surface area contributed by atoms with Crippen LogP contribution in [0.5, 0.6) is 5.75 Å². The van der Waals surface area contributed by atoms with E-state index in [1.165, 1.54) is 17.0 Å². The molecular weight excluding hydrogens is 355 g/mol. The Morgan fingerprint density at radius 1 is 1.27 bits per heavy atom. The van der Waals surface area contributed by atoms with Gasteiger partial charge < -0.3 is 24.8 Å². The Labute approximate surface area is 148 Å². The molecule has 0 aromatic heterocycles. The van der Waals surface area contributed by atoms with Crippen molar-refractivity contribution in [1.29, 1.82) is 0 Å². The number of ether oxygens (including phenoxy) is 2. The number of carbonyl (C=O) groups excluding carboxylic acids is 1. The molecule has 144 valence electrons. The number of urea groups is 1. The Hall–Kier alpha value is -2.04. The van der Waals surface area contributed by atoms with E-state index in [0.29, 0.717) is 32.8 Å². The van der Waals surface area contributed by atoms with Gasteiger partial charge in [0.25, 0.3) is 0 Å². The van der Waals surface area contributed by atoms with Crippen LogP contribution in [0.3, 0.4) is 0 Å². The molecule has 2 atom stereocenters. The molecule has 2 aliphatic heterocycles. The van der Waals surface area contributed by atoms with Gasteiger partial charge in [0.15, 0.2) is 0 Å². The van der Waals surface area contributed by atoms with Gasteiger partial charge in [0, 0.05) is 31.4 Å². The predicted octanol–water partition coefficient (Wildman–Crippen LogP) is 1.49. The molecule has 2 fully saturated rings. The van der Waals surface area contributed by atoms with E-state index < -0.39 is 24.2 Å². The third-order valence-corrected chi connectivity index (χ3v) is 4.38. The summed E-state index contributed by atoms with van der Waals surface area (Å²) in [5.41, 5.74) is 0.182. The fourth-order valence-electron chi connectivity index (χ4n) is 3.18. The highest BCUT2D eigenvalue weighted by Gasteiger charge is 2.38. The number of hydrogen-bond donors (Lipinski definition) is 2. The number of aliphatic hydroxyl groups is 1. The summed E-state index contributed by atoms with van der Waals surface area (Å²) in [6.45, 7) is 3.04. The van der Waals surface area contributed by atoms with Crippen LogP contribution in [-0.2, 0) is 4.74 Å². The lowest BCUT2D eigenvalue weighted by atomic mass is 10.2. The van der Waals surface area contributed by atoms with Crippen molar-refractivity contribution < 1.29 is 32.5 Å². The number of halogens is 3. The molecule has 2 N–H and O–H groups in total. The second kappa shape index (κ2) is 7.68. The second-order valence-electron chi connectivity index (χ2n) is 6.19. The van der Waals surface area contributed by atoms with Crippen LogP contribution in [0.4, 0.5) is 23.7 Å². The topological polar surface area (TPSA) is 74.3 Å². The molecule has 26 heavy (non-hydrogen) atoms. The van der Waals surface area contributed by atoms with Gasteiger partial charge in [-0.1, -0.05) is 6.07 Å². The minimum absolute atomic E-state index is 0.159. The molecule has 2 unspecified atom stereocenters. The van der Waals surface area contributed by atoms with E-state index in [1.54, 1.807) is 0 Å². The van der Waals surface area contributed by atoms with Crippen LogP contribution in [0.1, 0.15) is 0 Å². The van der Waals surface area contributed by atoms with Crippen LogP contribution in [-0.4, -0.2) is 78.8 Å². The SMILES string of the molecule is O=C(Nc1cccc(OC(F)(F)F)c1)N1CC(O)C(N2CCOCC2)C1. The Balaban J connectivity index is 1.59. The first-order valence-electron chi connectivity index (χ1n) is 8.23. The summed E-state index contributed by atoms with van der Waals surface area (Å²) in [7, 11) is 0. The molecule has 7 nitrogen and oxygen atoms in total. The molecule has 0 saturated carbocycles. The van der Waals surface area contributed by atoms with Gasteiger partial charge in [0.1, 0.15) is 5.75 Å². The van der Waals surface area contributed by atoms with Gasteiger partial charge in [-0.3, -0.25) is 4.90 Å². The van der Waals surface area contributed by atoms with Crippen LogP contribution in [0.2, 0.25) is 0 Å². The van der Waals surface area contributed by atoms with Crippen molar-refractivity contribution in [2.75, 3.05) is 44.7 Å². The summed E-state index contributed by atoms with van der Waals surface area (Å²) >= 11 is 0. The van der Waals surface area contributed by atoms with Crippen molar-refractivity contribution in [3.05, 3.63) is 24.3 Å². The van der Waals surface area contributed by atoms with Gasteiger partial charge in [-0.25, -0.2) is 4.79 Å². The number of anilines is 1. The lowest BCUT2D eigenvalue weighted by Crippen LogP contribution is -2.49. The fraction of sp³-hybridized carbons (Fsp3) is 0.562. The molecule has 2 heterocycles. The van der Waals surface area contributed by atoms with Crippen LogP contribution >= 0.6 is 0 Å². The third-order valence-electron chi connectivity index (χ3n) is 4.38. The normalized spacial score (nSPS) is 24.5. The highest BCUT2D eigenvalue weighted by Crippen LogP contribution is 2.25. The summed E-state index contributed by atoms with van der Waals surface area (Å²) in [5, 5.41) is 12.8. The molecule has 0 aliphatic carbocycles. The van der Waals surface area contributed by atoms with Crippen LogP contribution in [0.25, 0.3) is 0 Å². The van der Waals surface area contributed by atoms with Crippen molar-refractivity contribution in [3.8, 4) is 5.75 Å². The number of amides is 2. The van der Waals surface area contributed by atoms with Gasteiger partial charge in [-0.05, 0) is 12.1 Å². The van der Waals surface area contributed by atoms with Gasteiger partial charge in [-0.15, -0.1) is 13.2 Å². The molecule has 1 aromatic rings. The monoisotopic (exact) mass is 375 g/mol. The molecule has 2 saturated heterocycles. The van der Waals surface area contributed by atoms with Crippen LogP contribution in [0.15, 0.2) is 24.3 Å². The maximum atomic E-state index is 12.4. The zero-order valence-electron chi connectivity index (χ0n) is 13.9. The van der Waals surface area contributed by atoms with Gasteiger partial charge in [0.05, 0.1) is 31.9 Å². The van der Waals surface area contributed by atoms with Crippen molar-refractivity contribution in [2.45, 2.75) is 18.5 Å². The molecule has 10 heteroatoms. The molecular formula is C16H20F3N3O4. The van der Waals surface area contributed by atoms with Crippen molar-refractivity contribution >= 4 is 11.7 Å². The molecule has 2 amide bonds. The first-order chi connectivity index (χ1) is 12.3. The summed E-state index contributed by atoms with van der Waals surface area (Å²) in [6, 6.07) is 4.40. The summed E-state index contributed by atoms with van der Waals surface area (Å²) < 4.78 is 46.0. The highest BCUT2D eigenvalue weighted by molar-refractivity contribution is 5.89. The van der Waals surface area contributed by atoms with E-state index in [0.717, 1.165) is 12.1 Å². The zero-order valence-corrected chi connectivity index (χ0v) is 13.9. The summed E-state index contributed by atoms with van der Waals surface area (Å²) in [6.07, 6.45) is -5.48. The van der Waals surface area contributed by atoms with Gasteiger partial charge in [-0.2, -0.15) is 0 Å². The molecule has 0 bridgehead atoms. The van der Waals surface area contributed by atoms with Crippen LogP contribution < -0.4 is 10.1 Å². The minimum atomic E-state index is -4.80. The smallest absolute Gasteiger partial charge is 0.406 e. The number of likely N-dealkylation sites (tertiary alicyclic amines) is 1. The number of hydrogen-bond acceptors (Lipinski definition) is 5. The number of rotatable bonds is 3. The average molecular weight is 375 g/mol. The standard InChI is InChI=1S/C16H20F3N3O4/c17-16(18,19)26-12-3-1-2-11(8-12)20-15(24)22-9-13(14(23)10-22)21-4-6-25-7-5-21/h1-3,8,13-14,23H,4-7,9-10H2,(H,20,24). The largest absolute Gasteiger partial charge is 0.573 e. The average Bonchev–Trinajstić information content (AvgIpc) is 2.96. The van der Waals surface area contributed by atoms with E-state index in [-0.39, 0.29) is 18.3 Å². The maximum absolute atomic E-state index is 12.4. The first-order valence-corrected chi connectivity index (χ1v) is 8.23. The summed E-state index contributed by atoms with van der Waals surface area (Å²) in [4.78, 5) is 15.9. The Morgan fingerprint density at radius 2 is 2.00 bits per heavy atom. The van der Waals surface area contributed by atoms with E-state index in [9.17, 15) is 23.1 Å².